The highest BCUT2D eigenvalue weighted by molar-refractivity contribution is 5.45. The normalized spacial score (nSPS) is 19.2. The molecular formula is C12H15NO4. The van der Waals surface area contributed by atoms with E-state index >= 15 is 0 Å². The molecule has 1 heterocycles. The van der Waals surface area contributed by atoms with Crippen LogP contribution in [-0.4, -0.2) is 24.2 Å². The van der Waals surface area contributed by atoms with E-state index in [1.807, 2.05) is 0 Å². The van der Waals surface area contributed by atoms with E-state index in [0.29, 0.717) is 12.4 Å². The van der Waals surface area contributed by atoms with Crippen LogP contribution in [0.4, 0.5) is 5.69 Å². The van der Waals surface area contributed by atoms with Crippen LogP contribution in [0, 0.1) is 10.1 Å². The molecule has 1 aliphatic heterocycles. The van der Waals surface area contributed by atoms with Crippen molar-refractivity contribution in [3.63, 3.8) is 0 Å². The van der Waals surface area contributed by atoms with Gasteiger partial charge >= 0.3 is 5.69 Å². The Hall–Kier alpha value is -1.62. The summed E-state index contributed by atoms with van der Waals surface area (Å²) >= 11 is 0. The van der Waals surface area contributed by atoms with Crippen molar-refractivity contribution < 1.29 is 14.4 Å². The molecule has 0 saturated carbocycles. The van der Waals surface area contributed by atoms with Gasteiger partial charge < -0.3 is 9.47 Å². The summed E-state index contributed by atoms with van der Waals surface area (Å²) in [5.74, 6) is 0.329. The molecule has 0 radical (unpaired) electrons. The number of benzene rings is 1. The first-order chi connectivity index (χ1) is 8.27. The van der Waals surface area contributed by atoms with E-state index in [9.17, 15) is 10.1 Å². The predicted molar refractivity (Wildman–Crippen MR) is 62.2 cm³/mol. The number of nitro benzene ring substituents is 1. The zero-order valence-corrected chi connectivity index (χ0v) is 9.50. The number of para-hydroxylation sites is 2. The highest BCUT2D eigenvalue weighted by Crippen LogP contribution is 2.26. The molecule has 0 bridgehead atoms. The molecule has 0 spiro atoms. The van der Waals surface area contributed by atoms with Gasteiger partial charge in [0.1, 0.15) is 0 Å². The lowest BCUT2D eigenvalue weighted by Crippen LogP contribution is -2.11. The molecular weight excluding hydrogens is 222 g/mol. The molecule has 1 fully saturated rings. The third kappa shape index (κ3) is 3.17. The molecule has 1 saturated heterocycles. The Morgan fingerprint density at radius 2 is 2.29 bits per heavy atom. The average molecular weight is 237 g/mol. The van der Waals surface area contributed by atoms with Gasteiger partial charge in [-0.3, -0.25) is 10.1 Å². The SMILES string of the molecule is O=[N+]([O-])c1ccccc1OCCC1CCCO1. The average Bonchev–Trinajstić information content (AvgIpc) is 2.82. The third-order valence-electron chi connectivity index (χ3n) is 2.78. The fourth-order valence-electron chi connectivity index (χ4n) is 1.90. The highest BCUT2D eigenvalue weighted by Gasteiger charge is 2.17. The number of hydrogen-bond donors (Lipinski definition) is 0. The topological polar surface area (TPSA) is 61.6 Å². The van der Waals surface area contributed by atoms with Gasteiger partial charge in [-0.1, -0.05) is 12.1 Å². The molecule has 1 aliphatic rings. The molecule has 0 amide bonds. The molecule has 1 atom stereocenters. The van der Waals surface area contributed by atoms with Crippen LogP contribution in [0.2, 0.25) is 0 Å². The second kappa shape index (κ2) is 5.63. The Balaban J connectivity index is 1.87. The van der Waals surface area contributed by atoms with Gasteiger partial charge in [0.15, 0.2) is 5.75 Å². The van der Waals surface area contributed by atoms with Crippen LogP contribution in [0.15, 0.2) is 24.3 Å². The summed E-state index contributed by atoms with van der Waals surface area (Å²) in [7, 11) is 0. The number of nitro groups is 1. The van der Waals surface area contributed by atoms with E-state index in [1.165, 1.54) is 6.07 Å². The first-order valence-corrected chi connectivity index (χ1v) is 5.75. The van der Waals surface area contributed by atoms with Gasteiger partial charge in [0, 0.05) is 19.1 Å². The molecule has 0 aromatic heterocycles. The van der Waals surface area contributed by atoms with Gasteiger partial charge in [-0.25, -0.2) is 0 Å². The zero-order valence-electron chi connectivity index (χ0n) is 9.50. The summed E-state index contributed by atoms with van der Waals surface area (Å²) in [6.07, 6.45) is 3.18. The summed E-state index contributed by atoms with van der Waals surface area (Å²) in [5, 5.41) is 10.7. The molecule has 1 unspecified atom stereocenters. The lowest BCUT2D eigenvalue weighted by atomic mass is 10.2. The van der Waals surface area contributed by atoms with Crippen LogP contribution in [-0.2, 0) is 4.74 Å². The van der Waals surface area contributed by atoms with E-state index in [4.69, 9.17) is 9.47 Å². The van der Waals surface area contributed by atoms with Crippen molar-refractivity contribution in [1.29, 1.82) is 0 Å². The smallest absolute Gasteiger partial charge is 0.310 e. The van der Waals surface area contributed by atoms with Crippen LogP contribution in [0.25, 0.3) is 0 Å². The van der Waals surface area contributed by atoms with Crippen molar-refractivity contribution in [2.24, 2.45) is 0 Å². The molecule has 2 rings (SSSR count). The van der Waals surface area contributed by atoms with Gasteiger partial charge in [-0.2, -0.15) is 0 Å². The molecule has 0 N–H and O–H groups in total. The maximum atomic E-state index is 10.7. The zero-order chi connectivity index (χ0) is 12.1. The molecule has 17 heavy (non-hydrogen) atoms. The fraction of sp³-hybridized carbons (Fsp3) is 0.500. The highest BCUT2D eigenvalue weighted by atomic mass is 16.6. The van der Waals surface area contributed by atoms with Gasteiger partial charge in [-0.15, -0.1) is 0 Å². The second-order valence-corrected chi connectivity index (χ2v) is 4.00. The van der Waals surface area contributed by atoms with E-state index in [1.54, 1.807) is 18.2 Å². The Morgan fingerprint density at radius 3 is 3.00 bits per heavy atom. The van der Waals surface area contributed by atoms with Gasteiger partial charge in [-0.05, 0) is 18.9 Å². The van der Waals surface area contributed by atoms with Gasteiger partial charge in [0.2, 0.25) is 0 Å². The van der Waals surface area contributed by atoms with Crippen molar-refractivity contribution >= 4 is 5.69 Å². The minimum atomic E-state index is -0.429. The van der Waals surface area contributed by atoms with Crippen molar-refractivity contribution in [3.05, 3.63) is 34.4 Å². The molecule has 5 heteroatoms. The Labute approximate surface area is 99.5 Å². The molecule has 92 valence electrons. The summed E-state index contributed by atoms with van der Waals surface area (Å²) in [6.45, 7) is 1.27. The lowest BCUT2D eigenvalue weighted by Gasteiger charge is -2.10. The second-order valence-electron chi connectivity index (χ2n) is 4.00. The van der Waals surface area contributed by atoms with E-state index in [2.05, 4.69) is 0 Å². The van der Waals surface area contributed by atoms with Gasteiger partial charge in [0.25, 0.3) is 0 Å². The number of hydrogen-bond acceptors (Lipinski definition) is 4. The minimum absolute atomic E-state index is 0.0137. The molecule has 1 aromatic rings. The van der Waals surface area contributed by atoms with Gasteiger partial charge in [0.05, 0.1) is 17.6 Å². The Morgan fingerprint density at radius 1 is 1.47 bits per heavy atom. The van der Waals surface area contributed by atoms with Crippen LogP contribution < -0.4 is 4.74 Å². The monoisotopic (exact) mass is 237 g/mol. The quantitative estimate of drug-likeness (QED) is 0.583. The predicted octanol–water partition coefficient (Wildman–Crippen LogP) is 2.54. The molecule has 1 aromatic carbocycles. The molecule has 5 nitrogen and oxygen atoms in total. The van der Waals surface area contributed by atoms with Crippen LogP contribution in [0.3, 0.4) is 0 Å². The standard InChI is InChI=1S/C12H15NO4/c14-13(15)11-5-1-2-6-12(11)17-9-7-10-4-3-8-16-10/h1-2,5-6,10H,3-4,7-9H2. The molecule has 0 aliphatic carbocycles. The Bertz CT molecular complexity index is 388. The van der Waals surface area contributed by atoms with Crippen molar-refractivity contribution in [3.8, 4) is 5.75 Å². The lowest BCUT2D eigenvalue weighted by molar-refractivity contribution is -0.385. The van der Waals surface area contributed by atoms with Crippen LogP contribution >= 0.6 is 0 Å². The third-order valence-corrected chi connectivity index (χ3v) is 2.78. The first kappa shape index (κ1) is 11.9. The van der Waals surface area contributed by atoms with Crippen LogP contribution in [0.5, 0.6) is 5.75 Å². The Kier molecular flexibility index (Phi) is 3.93. The van der Waals surface area contributed by atoms with E-state index < -0.39 is 4.92 Å². The summed E-state index contributed by atoms with van der Waals surface area (Å²) in [5.41, 5.74) is 0.0137. The maximum absolute atomic E-state index is 10.7. The summed E-state index contributed by atoms with van der Waals surface area (Å²) in [4.78, 5) is 10.3. The summed E-state index contributed by atoms with van der Waals surface area (Å²) in [6, 6.07) is 6.43. The first-order valence-electron chi connectivity index (χ1n) is 5.75. The maximum Gasteiger partial charge on any atom is 0.310 e. The van der Waals surface area contributed by atoms with Crippen molar-refractivity contribution in [1.82, 2.24) is 0 Å². The fourth-order valence-corrected chi connectivity index (χ4v) is 1.90. The van der Waals surface area contributed by atoms with E-state index in [-0.39, 0.29) is 11.8 Å². The number of rotatable bonds is 5. The number of nitrogens with zero attached hydrogens (tertiary/aromatic N) is 1. The minimum Gasteiger partial charge on any atom is -0.487 e. The number of ether oxygens (including phenoxy) is 2. The van der Waals surface area contributed by atoms with E-state index in [0.717, 1.165) is 25.9 Å². The van der Waals surface area contributed by atoms with Crippen molar-refractivity contribution in [2.75, 3.05) is 13.2 Å². The van der Waals surface area contributed by atoms with Crippen LogP contribution in [0.1, 0.15) is 19.3 Å². The van der Waals surface area contributed by atoms with Crippen molar-refractivity contribution in [2.45, 2.75) is 25.4 Å². The largest absolute Gasteiger partial charge is 0.487 e. The summed E-state index contributed by atoms with van der Waals surface area (Å²) < 4.78 is 10.9.